The lowest BCUT2D eigenvalue weighted by atomic mass is 10.3. The average Bonchev–Trinajstić information content (AvgIpc) is 2.87. The zero-order valence-electron chi connectivity index (χ0n) is 11.9. The molecule has 0 aliphatic carbocycles. The van der Waals surface area contributed by atoms with Crippen LogP contribution in [0.1, 0.15) is 13.3 Å². The van der Waals surface area contributed by atoms with Crippen molar-refractivity contribution in [2.75, 3.05) is 31.6 Å². The first-order valence-electron chi connectivity index (χ1n) is 6.70. The van der Waals surface area contributed by atoms with Gasteiger partial charge in [0, 0.05) is 42.9 Å². The van der Waals surface area contributed by atoms with Crippen molar-refractivity contribution in [3.05, 3.63) is 28.7 Å². The Kier molecular flexibility index (Phi) is 7.65. The molecule has 1 atom stereocenters. The number of nitrogens with one attached hydrogen (secondary N) is 2. The topological polar surface area (TPSA) is 39.7 Å². The molecule has 112 valence electrons. The number of nitrogens with zero attached hydrogens (tertiary/aromatic N) is 2. The summed E-state index contributed by atoms with van der Waals surface area (Å²) in [4.78, 5) is 6.63. The van der Waals surface area contributed by atoms with Gasteiger partial charge in [-0.15, -0.1) is 24.0 Å². The molecule has 0 amide bonds. The van der Waals surface area contributed by atoms with Crippen molar-refractivity contribution in [3.63, 3.8) is 0 Å². The van der Waals surface area contributed by atoms with Crippen molar-refractivity contribution >= 4 is 51.6 Å². The van der Waals surface area contributed by atoms with E-state index < -0.39 is 0 Å². The fourth-order valence-corrected chi connectivity index (χ4v) is 2.58. The number of guanidine groups is 1. The maximum atomic E-state index is 4.22. The fourth-order valence-electron chi connectivity index (χ4n) is 2.32. The second kappa shape index (κ2) is 8.71. The van der Waals surface area contributed by atoms with Crippen LogP contribution >= 0.6 is 39.9 Å². The molecule has 1 aliphatic heterocycles. The molecule has 20 heavy (non-hydrogen) atoms. The molecular formula is C14H22BrIN4. The molecule has 0 spiro atoms. The number of aliphatic imine (C=N–C) groups is 1. The van der Waals surface area contributed by atoms with Gasteiger partial charge < -0.3 is 15.5 Å². The molecule has 1 aromatic carbocycles. The van der Waals surface area contributed by atoms with Crippen LogP contribution in [0.4, 0.5) is 5.69 Å². The summed E-state index contributed by atoms with van der Waals surface area (Å²) in [6, 6.07) is 8.96. The van der Waals surface area contributed by atoms with Gasteiger partial charge in [0.2, 0.25) is 0 Å². The Morgan fingerprint density at radius 1 is 1.40 bits per heavy atom. The molecule has 2 rings (SSSR count). The third-order valence-corrected chi connectivity index (χ3v) is 3.82. The SMILES string of the molecule is CCNC(=NC)NC1CCN(c2ccc(Br)cc2)C1.I. The summed E-state index contributed by atoms with van der Waals surface area (Å²) in [6.07, 6.45) is 1.14. The zero-order chi connectivity index (χ0) is 13.7. The Morgan fingerprint density at radius 2 is 2.10 bits per heavy atom. The van der Waals surface area contributed by atoms with Crippen molar-refractivity contribution in [2.24, 2.45) is 4.99 Å². The van der Waals surface area contributed by atoms with Crippen LogP contribution in [0.2, 0.25) is 0 Å². The largest absolute Gasteiger partial charge is 0.369 e. The van der Waals surface area contributed by atoms with Crippen molar-refractivity contribution in [1.29, 1.82) is 0 Å². The van der Waals surface area contributed by atoms with Crippen LogP contribution in [0.25, 0.3) is 0 Å². The Balaban J connectivity index is 0.00000200. The van der Waals surface area contributed by atoms with E-state index in [1.807, 2.05) is 7.05 Å². The summed E-state index contributed by atoms with van der Waals surface area (Å²) in [6.45, 7) is 5.08. The van der Waals surface area contributed by atoms with Crippen LogP contribution in [-0.2, 0) is 0 Å². The van der Waals surface area contributed by atoms with Crippen molar-refractivity contribution < 1.29 is 0 Å². The predicted octanol–water partition coefficient (Wildman–Crippen LogP) is 2.83. The molecule has 1 unspecified atom stereocenters. The van der Waals surface area contributed by atoms with E-state index in [1.165, 1.54) is 5.69 Å². The van der Waals surface area contributed by atoms with Crippen LogP contribution in [0.3, 0.4) is 0 Å². The lowest BCUT2D eigenvalue weighted by Crippen LogP contribution is -2.44. The Labute approximate surface area is 146 Å². The normalized spacial score (nSPS) is 18.6. The first-order valence-corrected chi connectivity index (χ1v) is 7.50. The highest BCUT2D eigenvalue weighted by Gasteiger charge is 2.23. The van der Waals surface area contributed by atoms with Crippen LogP contribution < -0.4 is 15.5 Å². The van der Waals surface area contributed by atoms with Gasteiger partial charge in [-0.3, -0.25) is 4.99 Å². The summed E-state index contributed by atoms with van der Waals surface area (Å²) in [5, 5.41) is 6.70. The van der Waals surface area contributed by atoms with E-state index in [4.69, 9.17) is 0 Å². The van der Waals surface area contributed by atoms with Crippen molar-refractivity contribution in [1.82, 2.24) is 10.6 Å². The third-order valence-electron chi connectivity index (χ3n) is 3.29. The van der Waals surface area contributed by atoms with Gasteiger partial charge in [0.1, 0.15) is 0 Å². The van der Waals surface area contributed by atoms with E-state index in [2.05, 4.69) is 67.6 Å². The highest BCUT2D eigenvalue weighted by atomic mass is 127. The summed E-state index contributed by atoms with van der Waals surface area (Å²) >= 11 is 3.47. The third kappa shape index (κ3) is 4.80. The predicted molar refractivity (Wildman–Crippen MR) is 100 cm³/mol. The van der Waals surface area contributed by atoms with E-state index in [1.54, 1.807) is 0 Å². The number of halogens is 2. The summed E-state index contributed by atoms with van der Waals surface area (Å²) in [5.41, 5.74) is 1.28. The van der Waals surface area contributed by atoms with Crippen molar-refractivity contribution in [3.8, 4) is 0 Å². The first kappa shape index (κ1) is 17.6. The second-order valence-electron chi connectivity index (χ2n) is 4.65. The number of hydrogen-bond donors (Lipinski definition) is 2. The lowest BCUT2D eigenvalue weighted by molar-refractivity contribution is 0.652. The second-order valence-corrected chi connectivity index (χ2v) is 5.57. The molecule has 0 bridgehead atoms. The van der Waals surface area contributed by atoms with Gasteiger partial charge in [0.15, 0.2) is 5.96 Å². The summed E-state index contributed by atoms with van der Waals surface area (Å²) in [5.74, 6) is 0.894. The van der Waals surface area contributed by atoms with Gasteiger partial charge in [-0.2, -0.15) is 0 Å². The Hall–Kier alpha value is -0.500. The summed E-state index contributed by atoms with van der Waals surface area (Å²) in [7, 11) is 1.81. The molecule has 0 aromatic heterocycles. The molecule has 1 heterocycles. The molecule has 6 heteroatoms. The van der Waals surface area contributed by atoms with Crippen LogP contribution in [0.15, 0.2) is 33.7 Å². The van der Waals surface area contributed by atoms with E-state index in [0.717, 1.165) is 36.5 Å². The molecule has 1 aromatic rings. The van der Waals surface area contributed by atoms with Gasteiger partial charge in [-0.1, -0.05) is 15.9 Å². The van der Waals surface area contributed by atoms with E-state index in [-0.39, 0.29) is 24.0 Å². The van der Waals surface area contributed by atoms with Gasteiger partial charge in [0.25, 0.3) is 0 Å². The highest BCUT2D eigenvalue weighted by Crippen LogP contribution is 2.22. The first-order chi connectivity index (χ1) is 9.22. The monoisotopic (exact) mass is 452 g/mol. The molecule has 1 fully saturated rings. The Bertz CT molecular complexity index is 435. The molecular weight excluding hydrogens is 431 g/mol. The maximum Gasteiger partial charge on any atom is 0.191 e. The van der Waals surface area contributed by atoms with E-state index in [9.17, 15) is 0 Å². The molecule has 4 nitrogen and oxygen atoms in total. The molecule has 2 N–H and O–H groups in total. The van der Waals surface area contributed by atoms with Gasteiger partial charge in [-0.05, 0) is 37.6 Å². The summed E-state index contributed by atoms with van der Waals surface area (Å²) < 4.78 is 1.12. The zero-order valence-corrected chi connectivity index (χ0v) is 15.8. The quantitative estimate of drug-likeness (QED) is 0.421. The van der Waals surface area contributed by atoms with Crippen molar-refractivity contribution in [2.45, 2.75) is 19.4 Å². The molecule has 1 saturated heterocycles. The number of anilines is 1. The van der Waals surface area contributed by atoms with Crippen LogP contribution in [0.5, 0.6) is 0 Å². The van der Waals surface area contributed by atoms with Gasteiger partial charge in [-0.25, -0.2) is 0 Å². The van der Waals surface area contributed by atoms with Crippen LogP contribution in [0, 0.1) is 0 Å². The van der Waals surface area contributed by atoms with E-state index >= 15 is 0 Å². The molecule has 0 saturated carbocycles. The number of benzene rings is 1. The minimum atomic E-state index is 0. The highest BCUT2D eigenvalue weighted by molar-refractivity contribution is 14.0. The Morgan fingerprint density at radius 3 is 2.70 bits per heavy atom. The number of hydrogen-bond acceptors (Lipinski definition) is 2. The fraction of sp³-hybridized carbons (Fsp3) is 0.500. The molecule has 1 aliphatic rings. The average molecular weight is 453 g/mol. The standard InChI is InChI=1S/C14H21BrN4.HI/c1-3-17-14(16-2)18-12-8-9-19(10-12)13-6-4-11(15)5-7-13;/h4-7,12H,3,8-10H2,1-2H3,(H2,16,17,18);1H. The molecule has 0 radical (unpaired) electrons. The minimum Gasteiger partial charge on any atom is -0.369 e. The number of rotatable bonds is 3. The maximum absolute atomic E-state index is 4.22. The van der Waals surface area contributed by atoms with Gasteiger partial charge in [0.05, 0.1) is 0 Å². The minimum absolute atomic E-state index is 0. The van der Waals surface area contributed by atoms with Crippen LogP contribution in [-0.4, -0.2) is 38.7 Å². The van der Waals surface area contributed by atoms with Gasteiger partial charge >= 0.3 is 0 Å². The lowest BCUT2D eigenvalue weighted by Gasteiger charge is -2.20. The smallest absolute Gasteiger partial charge is 0.191 e. The van der Waals surface area contributed by atoms with E-state index in [0.29, 0.717) is 6.04 Å².